The number of fused-ring (bicyclic) bond motifs is 1. The summed E-state index contributed by atoms with van der Waals surface area (Å²) in [6.45, 7) is 3.95. The van der Waals surface area contributed by atoms with Gasteiger partial charge < -0.3 is 15.2 Å². The van der Waals surface area contributed by atoms with E-state index in [2.05, 4.69) is 10.1 Å². The van der Waals surface area contributed by atoms with Gasteiger partial charge in [0.05, 0.1) is 22.8 Å². The highest BCUT2D eigenvalue weighted by atomic mass is 16.5. The standard InChI is InChI=1S/C13H14N4O2/c1-7(2)17-11-4-3-8(5-10(11)16-13(17)18)9-6-15-19-12(9)14/h3-7H,14H2,1-2H3,(H,16,18). The molecule has 2 aromatic heterocycles. The molecule has 0 bridgehead atoms. The predicted molar refractivity (Wildman–Crippen MR) is 72.9 cm³/mol. The Balaban J connectivity index is 2.24. The van der Waals surface area contributed by atoms with Gasteiger partial charge in [-0.1, -0.05) is 11.2 Å². The molecule has 0 aliphatic heterocycles. The zero-order chi connectivity index (χ0) is 13.6. The van der Waals surface area contributed by atoms with Gasteiger partial charge in [-0.05, 0) is 31.5 Å². The molecule has 98 valence electrons. The van der Waals surface area contributed by atoms with Gasteiger partial charge in [0, 0.05) is 6.04 Å². The molecule has 0 saturated heterocycles. The Morgan fingerprint density at radius 2 is 2.21 bits per heavy atom. The van der Waals surface area contributed by atoms with Crippen molar-refractivity contribution in [2.24, 2.45) is 0 Å². The molecule has 0 saturated carbocycles. The monoisotopic (exact) mass is 258 g/mol. The number of rotatable bonds is 2. The lowest BCUT2D eigenvalue weighted by atomic mass is 10.1. The molecule has 0 fully saturated rings. The van der Waals surface area contributed by atoms with E-state index in [4.69, 9.17) is 10.3 Å². The average Bonchev–Trinajstić information content (AvgIpc) is 2.90. The van der Waals surface area contributed by atoms with Crippen LogP contribution in [0.5, 0.6) is 0 Å². The van der Waals surface area contributed by atoms with Gasteiger partial charge in [0.2, 0.25) is 5.88 Å². The lowest BCUT2D eigenvalue weighted by Gasteiger charge is -2.06. The normalized spacial score (nSPS) is 11.5. The van der Waals surface area contributed by atoms with Gasteiger partial charge in [0.1, 0.15) is 0 Å². The van der Waals surface area contributed by atoms with Crippen LogP contribution in [0.4, 0.5) is 5.88 Å². The molecule has 0 spiro atoms. The van der Waals surface area contributed by atoms with Gasteiger partial charge in [0.15, 0.2) is 0 Å². The molecule has 3 N–H and O–H groups in total. The fraction of sp³-hybridized carbons (Fsp3) is 0.231. The van der Waals surface area contributed by atoms with Crippen LogP contribution in [0.15, 0.2) is 33.7 Å². The van der Waals surface area contributed by atoms with Gasteiger partial charge in [-0.25, -0.2) is 4.79 Å². The summed E-state index contributed by atoms with van der Waals surface area (Å²) in [6, 6.07) is 5.78. The maximum absolute atomic E-state index is 11.9. The van der Waals surface area contributed by atoms with Crippen LogP contribution in [0.25, 0.3) is 22.2 Å². The third kappa shape index (κ3) is 1.72. The Bertz CT molecular complexity index is 794. The molecular formula is C13H14N4O2. The molecule has 19 heavy (non-hydrogen) atoms. The number of hydrogen-bond donors (Lipinski definition) is 2. The molecule has 0 amide bonds. The molecule has 2 heterocycles. The van der Waals surface area contributed by atoms with E-state index in [0.29, 0.717) is 0 Å². The summed E-state index contributed by atoms with van der Waals surface area (Å²) in [5.41, 5.74) is 8.82. The Kier molecular flexibility index (Phi) is 2.45. The molecule has 3 aromatic rings. The van der Waals surface area contributed by atoms with Crippen LogP contribution in [0.3, 0.4) is 0 Å². The zero-order valence-corrected chi connectivity index (χ0v) is 10.7. The van der Waals surface area contributed by atoms with Crippen LogP contribution in [0.1, 0.15) is 19.9 Å². The Morgan fingerprint density at radius 1 is 1.42 bits per heavy atom. The van der Waals surface area contributed by atoms with Crippen LogP contribution < -0.4 is 11.4 Å². The van der Waals surface area contributed by atoms with E-state index < -0.39 is 0 Å². The van der Waals surface area contributed by atoms with Crippen molar-refractivity contribution in [3.63, 3.8) is 0 Å². The average molecular weight is 258 g/mol. The topological polar surface area (TPSA) is 89.8 Å². The summed E-state index contributed by atoms with van der Waals surface area (Å²) in [5.74, 6) is 0.269. The van der Waals surface area contributed by atoms with E-state index in [-0.39, 0.29) is 17.6 Å². The molecule has 0 unspecified atom stereocenters. The van der Waals surface area contributed by atoms with Crippen molar-refractivity contribution in [2.45, 2.75) is 19.9 Å². The Morgan fingerprint density at radius 3 is 2.84 bits per heavy atom. The van der Waals surface area contributed by atoms with E-state index in [1.54, 1.807) is 10.8 Å². The maximum atomic E-state index is 11.9. The number of benzene rings is 1. The fourth-order valence-electron chi connectivity index (χ4n) is 2.28. The second kappa shape index (κ2) is 4.01. The van der Waals surface area contributed by atoms with Crippen molar-refractivity contribution in [1.82, 2.24) is 14.7 Å². The number of nitrogen functional groups attached to an aromatic ring is 1. The first-order valence-electron chi connectivity index (χ1n) is 6.02. The number of imidazole rings is 1. The summed E-state index contributed by atoms with van der Waals surface area (Å²) in [6.07, 6.45) is 1.56. The number of nitrogens with two attached hydrogens (primary N) is 1. The molecule has 0 radical (unpaired) electrons. The predicted octanol–water partition coefficient (Wildman–Crippen LogP) is 2.15. The molecular weight excluding hydrogens is 244 g/mol. The Hall–Kier alpha value is -2.50. The largest absolute Gasteiger partial charge is 0.367 e. The fourth-order valence-corrected chi connectivity index (χ4v) is 2.28. The summed E-state index contributed by atoms with van der Waals surface area (Å²) in [7, 11) is 0. The molecule has 6 nitrogen and oxygen atoms in total. The first-order chi connectivity index (χ1) is 9.08. The molecule has 6 heteroatoms. The highest BCUT2D eigenvalue weighted by Crippen LogP contribution is 2.28. The number of nitrogens with zero attached hydrogens (tertiary/aromatic N) is 2. The number of hydrogen-bond acceptors (Lipinski definition) is 4. The van der Waals surface area contributed by atoms with Crippen molar-refractivity contribution < 1.29 is 4.52 Å². The van der Waals surface area contributed by atoms with Crippen molar-refractivity contribution >= 4 is 16.9 Å². The van der Waals surface area contributed by atoms with Gasteiger partial charge in [-0.15, -0.1) is 0 Å². The minimum absolute atomic E-state index is 0.104. The number of nitrogens with one attached hydrogen (secondary N) is 1. The first kappa shape index (κ1) is 11.6. The molecule has 0 aliphatic carbocycles. The van der Waals surface area contributed by atoms with Crippen molar-refractivity contribution in [2.75, 3.05) is 5.73 Å². The van der Waals surface area contributed by atoms with Crippen LogP contribution >= 0.6 is 0 Å². The van der Waals surface area contributed by atoms with Gasteiger partial charge in [0.25, 0.3) is 0 Å². The number of anilines is 1. The van der Waals surface area contributed by atoms with Crippen molar-refractivity contribution in [3.05, 3.63) is 34.9 Å². The van der Waals surface area contributed by atoms with E-state index in [1.807, 2.05) is 32.0 Å². The van der Waals surface area contributed by atoms with Gasteiger partial charge in [-0.3, -0.25) is 4.57 Å². The highest BCUT2D eigenvalue weighted by molar-refractivity contribution is 5.84. The molecule has 1 aromatic carbocycles. The van der Waals surface area contributed by atoms with Gasteiger partial charge in [-0.2, -0.15) is 0 Å². The number of H-pyrrole nitrogens is 1. The molecule has 0 atom stereocenters. The minimum atomic E-state index is -0.111. The third-order valence-corrected chi connectivity index (χ3v) is 3.14. The van der Waals surface area contributed by atoms with E-state index in [9.17, 15) is 4.79 Å². The molecule has 3 rings (SSSR count). The summed E-state index contributed by atoms with van der Waals surface area (Å²) < 4.78 is 6.57. The number of aromatic nitrogens is 3. The van der Waals surface area contributed by atoms with Crippen LogP contribution in [-0.4, -0.2) is 14.7 Å². The van der Waals surface area contributed by atoms with Gasteiger partial charge >= 0.3 is 5.69 Å². The van der Waals surface area contributed by atoms with Crippen molar-refractivity contribution in [3.8, 4) is 11.1 Å². The molecule has 0 aliphatic rings. The third-order valence-electron chi connectivity index (χ3n) is 3.14. The second-order valence-electron chi connectivity index (χ2n) is 4.73. The zero-order valence-electron chi connectivity index (χ0n) is 10.7. The summed E-state index contributed by atoms with van der Waals surface area (Å²) >= 11 is 0. The first-order valence-corrected chi connectivity index (χ1v) is 6.02. The second-order valence-corrected chi connectivity index (χ2v) is 4.73. The highest BCUT2D eigenvalue weighted by Gasteiger charge is 2.12. The quantitative estimate of drug-likeness (QED) is 0.737. The lowest BCUT2D eigenvalue weighted by molar-refractivity contribution is 0.436. The minimum Gasteiger partial charge on any atom is -0.367 e. The summed E-state index contributed by atoms with van der Waals surface area (Å²) in [5, 5.41) is 3.65. The van der Waals surface area contributed by atoms with E-state index >= 15 is 0 Å². The SMILES string of the molecule is CC(C)n1c(=O)[nH]c2cc(-c3cnoc3N)ccc21. The van der Waals surface area contributed by atoms with Crippen LogP contribution in [-0.2, 0) is 0 Å². The maximum Gasteiger partial charge on any atom is 0.326 e. The van der Waals surface area contributed by atoms with Crippen molar-refractivity contribution in [1.29, 1.82) is 0 Å². The number of aromatic amines is 1. The summed E-state index contributed by atoms with van der Waals surface area (Å²) in [4.78, 5) is 14.7. The smallest absolute Gasteiger partial charge is 0.326 e. The van der Waals surface area contributed by atoms with E-state index in [0.717, 1.165) is 22.2 Å². The van der Waals surface area contributed by atoms with Crippen LogP contribution in [0.2, 0.25) is 0 Å². The Labute approximate surface area is 108 Å². The lowest BCUT2D eigenvalue weighted by Crippen LogP contribution is -2.18. The van der Waals surface area contributed by atoms with Crippen LogP contribution in [0, 0.1) is 0 Å². The van der Waals surface area contributed by atoms with E-state index in [1.165, 1.54) is 0 Å².